The summed E-state index contributed by atoms with van der Waals surface area (Å²) in [5, 5.41) is 0.718. The number of carbonyl (C=O) groups excluding carboxylic acids is 1. The van der Waals surface area contributed by atoms with Gasteiger partial charge in [0, 0.05) is 11.6 Å². The molecule has 2 nitrogen and oxygen atoms in total. The minimum absolute atomic E-state index is 0.00229. The SMILES string of the molecule is C=CC(=O)N1CCCC1c1cccc(Cl)c1. The first-order chi connectivity index (χ1) is 7.72. The van der Waals surface area contributed by atoms with E-state index in [-0.39, 0.29) is 11.9 Å². The van der Waals surface area contributed by atoms with Gasteiger partial charge in [0.05, 0.1) is 6.04 Å². The van der Waals surface area contributed by atoms with Gasteiger partial charge in [-0.15, -0.1) is 0 Å². The van der Waals surface area contributed by atoms with Gasteiger partial charge in [-0.3, -0.25) is 4.79 Å². The van der Waals surface area contributed by atoms with E-state index in [1.807, 2.05) is 29.2 Å². The quantitative estimate of drug-likeness (QED) is 0.721. The summed E-state index contributed by atoms with van der Waals surface area (Å²) in [7, 11) is 0. The lowest BCUT2D eigenvalue weighted by molar-refractivity contribution is -0.126. The molecule has 0 spiro atoms. The van der Waals surface area contributed by atoms with E-state index in [0.717, 1.165) is 30.0 Å². The van der Waals surface area contributed by atoms with Gasteiger partial charge in [0.25, 0.3) is 0 Å². The first-order valence-corrected chi connectivity index (χ1v) is 5.78. The summed E-state index contributed by atoms with van der Waals surface area (Å²) in [5.41, 5.74) is 1.11. The molecular formula is C13H14ClNO. The van der Waals surface area contributed by atoms with Gasteiger partial charge in [-0.2, -0.15) is 0 Å². The van der Waals surface area contributed by atoms with Crippen molar-refractivity contribution in [1.82, 2.24) is 4.90 Å². The highest BCUT2D eigenvalue weighted by Gasteiger charge is 2.28. The second kappa shape index (κ2) is 4.71. The van der Waals surface area contributed by atoms with Crippen molar-refractivity contribution >= 4 is 17.5 Å². The van der Waals surface area contributed by atoms with Gasteiger partial charge in [0.15, 0.2) is 0 Å². The zero-order chi connectivity index (χ0) is 11.5. The highest BCUT2D eigenvalue weighted by atomic mass is 35.5. The van der Waals surface area contributed by atoms with Crippen molar-refractivity contribution in [2.24, 2.45) is 0 Å². The molecule has 1 amide bonds. The Kier molecular flexibility index (Phi) is 3.30. The third kappa shape index (κ3) is 2.12. The van der Waals surface area contributed by atoms with Crippen LogP contribution < -0.4 is 0 Å². The summed E-state index contributed by atoms with van der Waals surface area (Å²) in [6, 6.07) is 7.88. The monoisotopic (exact) mass is 235 g/mol. The number of benzene rings is 1. The van der Waals surface area contributed by atoms with Crippen LogP contribution >= 0.6 is 11.6 Å². The Bertz CT molecular complexity index is 416. The van der Waals surface area contributed by atoms with Crippen molar-refractivity contribution in [2.45, 2.75) is 18.9 Å². The van der Waals surface area contributed by atoms with Crippen molar-refractivity contribution in [3.63, 3.8) is 0 Å². The van der Waals surface area contributed by atoms with Gasteiger partial charge >= 0.3 is 0 Å². The smallest absolute Gasteiger partial charge is 0.246 e. The second-order valence-electron chi connectivity index (χ2n) is 3.95. The zero-order valence-corrected chi connectivity index (χ0v) is 9.78. The van der Waals surface area contributed by atoms with Crippen LogP contribution in [0.2, 0.25) is 5.02 Å². The van der Waals surface area contributed by atoms with Gasteiger partial charge in [-0.05, 0) is 36.6 Å². The standard InChI is InChI=1S/C13H14ClNO/c1-2-13(16)15-8-4-7-12(15)10-5-3-6-11(14)9-10/h2-3,5-6,9,12H,1,4,7-8H2. The molecule has 0 bridgehead atoms. The van der Waals surface area contributed by atoms with E-state index in [1.165, 1.54) is 6.08 Å². The Balaban J connectivity index is 2.26. The molecule has 1 fully saturated rings. The molecule has 1 aliphatic heterocycles. The molecule has 1 saturated heterocycles. The summed E-state index contributed by atoms with van der Waals surface area (Å²) in [6.45, 7) is 4.34. The van der Waals surface area contributed by atoms with Gasteiger partial charge in [0.2, 0.25) is 5.91 Å². The maximum absolute atomic E-state index is 11.7. The number of rotatable bonds is 2. The van der Waals surface area contributed by atoms with Crippen LogP contribution in [-0.4, -0.2) is 17.4 Å². The van der Waals surface area contributed by atoms with Crippen molar-refractivity contribution in [2.75, 3.05) is 6.54 Å². The molecule has 0 aliphatic carbocycles. The first kappa shape index (κ1) is 11.2. The summed E-state index contributed by atoms with van der Waals surface area (Å²) in [5.74, 6) is 0.00229. The summed E-state index contributed by atoms with van der Waals surface area (Å²) < 4.78 is 0. The van der Waals surface area contributed by atoms with E-state index in [9.17, 15) is 4.79 Å². The number of hydrogen-bond donors (Lipinski definition) is 0. The highest BCUT2D eigenvalue weighted by Crippen LogP contribution is 2.32. The van der Waals surface area contributed by atoms with Crippen LogP contribution in [0.15, 0.2) is 36.9 Å². The van der Waals surface area contributed by atoms with E-state index in [1.54, 1.807) is 0 Å². The molecule has 1 unspecified atom stereocenters. The van der Waals surface area contributed by atoms with Crippen molar-refractivity contribution < 1.29 is 4.79 Å². The second-order valence-corrected chi connectivity index (χ2v) is 4.39. The van der Waals surface area contributed by atoms with Crippen molar-refractivity contribution in [3.05, 3.63) is 47.5 Å². The molecule has 0 aromatic heterocycles. The van der Waals surface area contributed by atoms with Gasteiger partial charge in [-0.25, -0.2) is 0 Å². The van der Waals surface area contributed by atoms with Crippen molar-refractivity contribution in [1.29, 1.82) is 0 Å². The Hall–Kier alpha value is -1.28. The number of carbonyl (C=O) groups is 1. The molecule has 16 heavy (non-hydrogen) atoms. The van der Waals surface area contributed by atoms with E-state index in [4.69, 9.17) is 11.6 Å². The molecule has 3 heteroatoms. The molecule has 1 atom stereocenters. The number of hydrogen-bond acceptors (Lipinski definition) is 1. The van der Waals surface area contributed by atoms with Crippen molar-refractivity contribution in [3.8, 4) is 0 Å². The lowest BCUT2D eigenvalue weighted by Gasteiger charge is -2.23. The largest absolute Gasteiger partial charge is 0.332 e. The fourth-order valence-corrected chi connectivity index (χ4v) is 2.41. The number of halogens is 1. The highest BCUT2D eigenvalue weighted by molar-refractivity contribution is 6.30. The third-order valence-corrected chi connectivity index (χ3v) is 3.18. The van der Waals surface area contributed by atoms with Crippen LogP contribution in [0.25, 0.3) is 0 Å². The summed E-state index contributed by atoms with van der Waals surface area (Å²) in [6.07, 6.45) is 3.42. The van der Waals surface area contributed by atoms with Gasteiger partial charge in [-0.1, -0.05) is 30.3 Å². The zero-order valence-electron chi connectivity index (χ0n) is 9.03. The molecule has 0 radical (unpaired) electrons. The van der Waals surface area contributed by atoms with Crippen LogP contribution in [0.4, 0.5) is 0 Å². The van der Waals surface area contributed by atoms with Crippen LogP contribution in [0, 0.1) is 0 Å². The minimum atomic E-state index is 0.00229. The number of nitrogens with zero attached hydrogens (tertiary/aromatic N) is 1. The molecule has 1 aromatic carbocycles. The normalized spacial score (nSPS) is 19.8. The number of amides is 1. The van der Waals surface area contributed by atoms with Gasteiger partial charge < -0.3 is 4.90 Å². The van der Waals surface area contributed by atoms with Crippen LogP contribution in [-0.2, 0) is 4.79 Å². The van der Waals surface area contributed by atoms with E-state index >= 15 is 0 Å². The lowest BCUT2D eigenvalue weighted by Crippen LogP contribution is -2.28. The predicted octanol–water partition coefficient (Wildman–Crippen LogP) is 3.19. The predicted molar refractivity (Wildman–Crippen MR) is 65.3 cm³/mol. The molecular weight excluding hydrogens is 222 g/mol. The van der Waals surface area contributed by atoms with E-state index in [2.05, 4.69) is 6.58 Å². The summed E-state index contributed by atoms with van der Waals surface area (Å²) in [4.78, 5) is 13.5. The van der Waals surface area contributed by atoms with Gasteiger partial charge in [0.1, 0.15) is 0 Å². The topological polar surface area (TPSA) is 20.3 Å². The van der Waals surface area contributed by atoms with Crippen LogP contribution in [0.1, 0.15) is 24.4 Å². The molecule has 0 saturated carbocycles. The number of likely N-dealkylation sites (tertiary alicyclic amines) is 1. The molecule has 2 rings (SSSR count). The fraction of sp³-hybridized carbons (Fsp3) is 0.308. The Morgan fingerprint density at radius 1 is 1.56 bits per heavy atom. The third-order valence-electron chi connectivity index (χ3n) is 2.94. The lowest BCUT2D eigenvalue weighted by atomic mass is 10.0. The maximum atomic E-state index is 11.7. The Labute approximate surface area is 101 Å². The average Bonchev–Trinajstić information content (AvgIpc) is 2.77. The van der Waals surface area contributed by atoms with E-state index < -0.39 is 0 Å². The van der Waals surface area contributed by atoms with E-state index in [0.29, 0.717) is 0 Å². The Morgan fingerprint density at radius 2 is 2.38 bits per heavy atom. The maximum Gasteiger partial charge on any atom is 0.246 e. The molecule has 0 N–H and O–H groups in total. The molecule has 84 valence electrons. The molecule has 1 aliphatic rings. The molecule has 1 aromatic rings. The Morgan fingerprint density at radius 3 is 3.06 bits per heavy atom. The fourth-order valence-electron chi connectivity index (χ4n) is 2.21. The minimum Gasteiger partial charge on any atom is -0.332 e. The van der Waals surface area contributed by atoms with Crippen LogP contribution in [0.3, 0.4) is 0 Å². The average molecular weight is 236 g/mol. The first-order valence-electron chi connectivity index (χ1n) is 5.41. The van der Waals surface area contributed by atoms with Crippen LogP contribution in [0.5, 0.6) is 0 Å². The molecule has 1 heterocycles. The summed E-state index contributed by atoms with van der Waals surface area (Å²) >= 11 is 5.96.